The molecule has 2 N–H and O–H groups in total. The number of nitrogens with two attached hydrogens (primary N) is 1. The third-order valence-corrected chi connectivity index (χ3v) is 5.74. The van der Waals surface area contributed by atoms with E-state index in [0.717, 1.165) is 5.39 Å². The van der Waals surface area contributed by atoms with Crippen molar-refractivity contribution >= 4 is 16.6 Å². The average Bonchev–Trinajstić information content (AvgIpc) is 3.38. The summed E-state index contributed by atoms with van der Waals surface area (Å²) in [7, 11) is 0. The summed E-state index contributed by atoms with van der Waals surface area (Å²) in [5, 5.41) is 18.4. The van der Waals surface area contributed by atoms with Crippen molar-refractivity contribution in [2.75, 3.05) is 13.1 Å². The van der Waals surface area contributed by atoms with E-state index < -0.39 is 12.2 Å². The van der Waals surface area contributed by atoms with Gasteiger partial charge < -0.3 is 5.73 Å². The summed E-state index contributed by atoms with van der Waals surface area (Å²) >= 11 is 0. The number of halogens is 3. The van der Waals surface area contributed by atoms with Crippen molar-refractivity contribution in [3.05, 3.63) is 59.8 Å². The number of likely N-dealkylation sites (tertiary alicyclic amines) is 1. The molecule has 1 aliphatic heterocycles. The number of rotatable bonds is 3. The van der Waals surface area contributed by atoms with Crippen molar-refractivity contribution in [3.8, 4) is 17.6 Å². The van der Waals surface area contributed by atoms with Crippen molar-refractivity contribution in [2.24, 2.45) is 5.73 Å². The molecule has 0 saturated carbocycles. The van der Waals surface area contributed by atoms with Crippen LogP contribution in [0.15, 0.2) is 48.7 Å². The molecule has 10 heteroatoms. The zero-order valence-electron chi connectivity index (χ0n) is 16.8. The van der Waals surface area contributed by atoms with Crippen molar-refractivity contribution < 1.29 is 13.2 Å². The number of pyridine rings is 2. The first kappa shape index (κ1) is 20.4. The number of nitrogens with zero attached hydrogens (tertiary/aromatic N) is 6. The molecule has 0 bridgehead atoms. The minimum Gasteiger partial charge on any atom is -0.326 e. The van der Waals surface area contributed by atoms with Gasteiger partial charge in [-0.05, 0) is 30.2 Å². The van der Waals surface area contributed by atoms with Crippen LogP contribution in [-0.4, -0.2) is 49.8 Å². The fraction of sp³-hybridized carbons (Fsp3) is 0.273. The number of hydrogen-bond acceptors (Lipinski definition) is 6. The number of benzene rings is 1. The molecule has 0 spiro atoms. The largest absolute Gasteiger partial charge is 0.408 e. The molecule has 5 rings (SSSR count). The van der Waals surface area contributed by atoms with Crippen LogP contribution < -0.4 is 5.73 Å². The Hall–Kier alpha value is -3.55. The molecule has 3 aromatic heterocycles. The molecule has 0 amide bonds. The monoisotopic (exact) mass is 437 g/mol. The topological polar surface area (TPSA) is 96.1 Å². The van der Waals surface area contributed by atoms with Gasteiger partial charge in [0, 0.05) is 30.7 Å². The van der Waals surface area contributed by atoms with E-state index >= 15 is 0 Å². The molecule has 0 aliphatic carbocycles. The van der Waals surface area contributed by atoms with Crippen LogP contribution in [0.4, 0.5) is 13.2 Å². The highest BCUT2D eigenvalue weighted by Gasteiger charge is 2.46. The lowest BCUT2D eigenvalue weighted by Crippen LogP contribution is -2.38. The zero-order valence-corrected chi connectivity index (χ0v) is 16.8. The molecule has 32 heavy (non-hydrogen) atoms. The summed E-state index contributed by atoms with van der Waals surface area (Å²) < 4.78 is 43.6. The highest BCUT2D eigenvalue weighted by Crippen LogP contribution is 2.39. The van der Waals surface area contributed by atoms with Gasteiger partial charge in [-0.15, -0.1) is 10.2 Å². The van der Waals surface area contributed by atoms with Gasteiger partial charge in [0.15, 0.2) is 11.5 Å². The standard InChI is InChI=1S/C22H18F3N7/c23-22(24,25)20(31-9-8-16(27)12-31)15-5-7-18-29-30-21(32(18)11-15)17-6-4-13-2-1-3-14(10-26)19(13)28-17/h1-7,11,16,20H,8-9,12,27H2. The van der Waals surface area contributed by atoms with Gasteiger partial charge in [0.2, 0.25) is 0 Å². The van der Waals surface area contributed by atoms with Gasteiger partial charge in [-0.25, -0.2) is 4.98 Å². The predicted octanol–water partition coefficient (Wildman–Crippen LogP) is 3.45. The third-order valence-electron chi connectivity index (χ3n) is 5.74. The van der Waals surface area contributed by atoms with Crippen LogP contribution in [0.5, 0.6) is 0 Å². The molecule has 162 valence electrons. The lowest BCUT2D eigenvalue weighted by Gasteiger charge is -2.30. The third kappa shape index (κ3) is 3.45. The Kier molecular flexibility index (Phi) is 4.80. The van der Waals surface area contributed by atoms with Crippen molar-refractivity contribution in [1.29, 1.82) is 5.26 Å². The maximum atomic E-state index is 14.0. The smallest absolute Gasteiger partial charge is 0.326 e. The Labute approximate surface area is 180 Å². The van der Waals surface area contributed by atoms with Gasteiger partial charge in [-0.2, -0.15) is 18.4 Å². The second kappa shape index (κ2) is 7.55. The Morgan fingerprint density at radius 3 is 2.69 bits per heavy atom. The first-order chi connectivity index (χ1) is 15.3. The van der Waals surface area contributed by atoms with Crippen LogP contribution in [0.25, 0.3) is 28.1 Å². The maximum absolute atomic E-state index is 14.0. The molecule has 1 aliphatic rings. The number of nitriles is 1. The first-order valence-electron chi connectivity index (χ1n) is 10.1. The van der Waals surface area contributed by atoms with Crippen molar-refractivity contribution in [3.63, 3.8) is 0 Å². The second-order valence-corrected chi connectivity index (χ2v) is 7.89. The van der Waals surface area contributed by atoms with Crippen molar-refractivity contribution in [1.82, 2.24) is 24.5 Å². The molecule has 0 radical (unpaired) electrons. The van der Waals surface area contributed by atoms with E-state index in [1.54, 1.807) is 24.3 Å². The summed E-state index contributed by atoms with van der Waals surface area (Å²) in [6.07, 6.45) is -2.53. The molecule has 7 nitrogen and oxygen atoms in total. The minimum atomic E-state index is -4.46. The van der Waals surface area contributed by atoms with E-state index in [9.17, 15) is 18.4 Å². The predicted molar refractivity (Wildman–Crippen MR) is 111 cm³/mol. The molecule has 4 heterocycles. The lowest BCUT2D eigenvalue weighted by atomic mass is 10.1. The van der Waals surface area contributed by atoms with Crippen LogP contribution in [0.1, 0.15) is 23.6 Å². The van der Waals surface area contributed by atoms with Crippen LogP contribution in [0.2, 0.25) is 0 Å². The lowest BCUT2D eigenvalue weighted by molar-refractivity contribution is -0.183. The SMILES string of the molecule is N#Cc1cccc2ccc(-c3nnc4ccc(C(N5CCC(N)C5)C(F)(F)F)cn34)nc12. The average molecular weight is 437 g/mol. The number of aromatic nitrogens is 4. The highest BCUT2D eigenvalue weighted by atomic mass is 19.4. The van der Waals surface area contributed by atoms with E-state index in [2.05, 4.69) is 21.3 Å². The van der Waals surface area contributed by atoms with Gasteiger partial charge in [0.1, 0.15) is 17.8 Å². The molecular weight excluding hydrogens is 419 g/mol. The van der Waals surface area contributed by atoms with Crippen LogP contribution in [-0.2, 0) is 0 Å². The van der Waals surface area contributed by atoms with Crippen LogP contribution >= 0.6 is 0 Å². The van der Waals surface area contributed by atoms with Crippen LogP contribution in [0.3, 0.4) is 0 Å². The van der Waals surface area contributed by atoms with Gasteiger partial charge in [-0.3, -0.25) is 9.30 Å². The highest BCUT2D eigenvalue weighted by molar-refractivity contribution is 5.85. The number of hydrogen-bond donors (Lipinski definition) is 1. The number of fused-ring (bicyclic) bond motifs is 2. The summed E-state index contributed by atoms with van der Waals surface area (Å²) in [6, 6.07) is 11.8. The molecule has 2 unspecified atom stereocenters. The molecule has 4 aromatic rings. The van der Waals surface area contributed by atoms with Crippen LogP contribution in [0, 0.1) is 11.3 Å². The fourth-order valence-corrected chi connectivity index (χ4v) is 4.26. The number of alkyl halides is 3. The Bertz CT molecular complexity index is 1360. The van der Waals surface area contributed by atoms with Gasteiger partial charge >= 0.3 is 6.18 Å². The summed E-state index contributed by atoms with van der Waals surface area (Å²) in [5.41, 5.74) is 7.66. The summed E-state index contributed by atoms with van der Waals surface area (Å²) in [6.45, 7) is 0.460. The maximum Gasteiger partial charge on any atom is 0.408 e. The van der Waals surface area contributed by atoms with Gasteiger partial charge in [-0.1, -0.05) is 24.3 Å². The summed E-state index contributed by atoms with van der Waals surface area (Å²) in [5.74, 6) is 0.301. The van der Waals surface area contributed by atoms with E-state index in [4.69, 9.17) is 5.73 Å². The molecule has 1 fully saturated rings. The van der Waals surface area contributed by atoms with Gasteiger partial charge in [0.25, 0.3) is 0 Å². The first-order valence-corrected chi connectivity index (χ1v) is 10.1. The van der Waals surface area contributed by atoms with E-state index in [-0.39, 0.29) is 24.7 Å². The number of para-hydroxylation sites is 1. The summed E-state index contributed by atoms with van der Waals surface area (Å²) in [4.78, 5) is 5.92. The van der Waals surface area contributed by atoms with E-state index in [1.165, 1.54) is 27.6 Å². The van der Waals surface area contributed by atoms with Crippen molar-refractivity contribution in [2.45, 2.75) is 24.7 Å². The second-order valence-electron chi connectivity index (χ2n) is 7.89. The molecule has 1 aromatic carbocycles. The minimum absolute atomic E-state index is 0.0821. The van der Waals surface area contributed by atoms with Gasteiger partial charge in [0.05, 0.1) is 11.1 Å². The quantitative estimate of drug-likeness (QED) is 0.527. The normalized spacial score (nSPS) is 18.3. The van der Waals surface area contributed by atoms with E-state index in [1.807, 2.05) is 6.07 Å². The zero-order chi connectivity index (χ0) is 22.5. The molecule has 1 saturated heterocycles. The molecular formula is C22H18F3N7. The van der Waals surface area contributed by atoms with E-state index in [0.29, 0.717) is 34.7 Å². The molecule has 2 atom stereocenters. The Balaban J connectivity index is 1.63. The fourth-order valence-electron chi connectivity index (χ4n) is 4.26. The Morgan fingerprint density at radius 1 is 1.12 bits per heavy atom. The Morgan fingerprint density at radius 2 is 1.97 bits per heavy atom.